The third kappa shape index (κ3) is 3.50. The number of carbonyl (C=O) groups is 2. The summed E-state index contributed by atoms with van der Waals surface area (Å²) in [5.41, 5.74) is 2.18. The van der Waals surface area contributed by atoms with Crippen LogP contribution in [0.2, 0.25) is 0 Å². The van der Waals surface area contributed by atoms with Crippen LogP contribution in [0.25, 0.3) is 0 Å². The van der Waals surface area contributed by atoms with E-state index < -0.39 is 6.04 Å². The van der Waals surface area contributed by atoms with E-state index in [1.54, 1.807) is 12.3 Å². The molecule has 2 aromatic rings. The van der Waals surface area contributed by atoms with Gasteiger partial charge in [0.15, 0.2) is 0 Å². The number of amides is 2. The van der Waals surface area contributed by atoms with Gasteiger partial charge in [-0.2, -0.15) is 0 Å². The van der Waals surface area contributed by atoms with Crippen molar-refractivity contribution in [2.24, 2.45) is 0 Å². The highest BCUT2D eigenvalue weighted by atomic mass is 16.2. The summed E-state index contributed by atoms with van der Waals surface area (Å²) in [5, 5.41) is 2.92. The van der Waals surface area contributed by atoms with Gasteiger partial charge in [0.25, 0.3) is 5.91 Å². The fourth-order valence-corrected chi connectivity index (χ4v) is 3.14. The normalized spacial score (nSPS) is 15.8. The van der Waals surface area contributed by atoms with Gasteiger partial charge in [-0.25, -0.2) is 0 Å². The average molecular weight is 325 g/mol. The highest BCUT2D eigenvalue weighted by Gasteiger charge is 2.29. The first-order valence-corrected chi connectivity index (χ1v) is 8.45. The van der Waals surface area contributed by atoms with E-state index in [1.165, 1.54) is 0 Å². The molecule has 1 fully saturated rings. The predicted molar refractivity (Wildman–Crippen MR) is 92.6 cm³/mol. The zero-order valence-corrected chi connectivity index (χ0v) is 13.9. The van der Waals surface area contributed by atoms with Crippen molar-refractivity contribution in [3.8, 4) is 0 Å². The second-order valence-electron chi connectivity index (χ2n) is 6.22. The molecule has 126 valence electrons. The number of nitrogens with one attached hydrogen (secondary N) is 2. The number of hydrogen-bond donors (Lipinski definition) is 2. The molecule has 1 aromatic heterocycles. The SMILES string of the molecule is Cc1[nH]ccc1C(=O)N[C@H](C(=O)N1CCCCC1)c1ccccc1. The van der Waals surface area contributed by atoms with E-state index in [0.717, 1.165) is 43.6 Å². The summed E-state index contributed by atoms with van der Waals surface area (Å²) < 4.78 is 0. The lowest BCUT2D eigenvalue weighted by Gasteiger charge is -2.31. The largest absolute Gasteiger partial charge is 0.365 e. The minimum atomic E-state index is -0.647. The monoisotopic (exact) mass is 325 g/mol. The predicted octanol–water partition coefficient (Wildman–Crippen LogP) is 2.81. The Labute approximate surface area is 142 Å². The van der Waals surface area contributed by atoms with E-state index >= 15 is 0 Å². The number of aromatic amines is 1. The van der Waals surface area contributed by atoms with Crippen molar-refractivity contribution < 1.29 is 9.59 Å². The van der Waals surface area contributed by atoms with E-state index in [-0.39, 0.29) is 11.8 Å². The van der Waals surface area contributed by atoms with Crippen molar-refractivity contribution in [2.75, 3.05) is 13.1 Å². The van der Waals surface area contributed by atoms with E-state index in [1.807, 2.05) is 42.2 Å². The molecule has 1 aliphatic rings. The minimum absolute atomic E-state index is 0.0255. The van der Waals surface area contributed by atoms with Gasteiger partial charge in [0.1, 0.15) is 6.04 Å². The van der Waals surface area contributed by atoms with Gasteiger partial charge in [-0.1, -0.05) is 30.3 Å². The molecule has 1 aromatic carbocycles. The van der Waals surface area contributed by atoms with Crippen molar-refractivity contribution >= 4 is 11.8 Å². The lowest BCUT2D eigenvalue weighted by molar-refractivity contribution is -0.134. The quantitative estimate of drug-likeness (QED) is 0.908. The third-order valence-electron chi connectivity index (χ3n) is 4.52. The molecule has 0 unspecified atom stereocenters. The summed E-state index contributed by atoms with van der Waals surface area (Å²) >= 11 is 0. The molecule has 0 saturated carbocycles. The van der Waals surface area contributed by atoms with Gasteiger partial charge in [-0.3, -0.25) is 9.59 Å². The molecule has 2 amide bonds. The van der Waals surface area contributed by atoms with Crippen LogP contribution in [0.15, 0.2) is 42.6 Å². The van der Waals surface area contributed by atoms with Gasteiger partial charge in [-0.05, 0) is 37.8 Å². The molecule has 2 heterocycles. The molecule has 0 bridgehead atoms. The lowest BCUT2D eigenvalue weighted by atomic mass is 10.0. The number of piperidine rings is 1. The Morgan fingerprint density at radius 3 is 2.42 bits per heavy atom. The number of nitrogens with zero attached hydrogens (tertiary/aromatic N) is 1. The van der Waals surface area contributed by atoms with Crippen LogP contribution in [-0.4, -0.2) is 34.8 Å². The molecule has 0 radical (unpaired) electrons. The number of rotatable bonds is 4. The molecule has 3 rings (SSSR count). The number of aryl methyl sites for hydroxylation is 1. The zero-order valence-electron chi connectivity index (χ0n) is 13.9. The maximum Gasteiger partial charge on any atom is 0.253 e. The molecule has 1 atom stereocenters. The number of likely N-dealkylation sites (tertiary alicyclic amines) is 1. The Morgan fingerprint density at radius 1 is 1.08 bits per heavy atom. The molecule has 0 aliphatic carbocycles. The Morgan fingerprint density at radius 2 is 1.79 bits per heavy atom. The molecule has 24 heavy (non-hydrogen) atoms. The molecule has 5 nitrogen and oxygen atoms in total. The summed E-state index contributed by atoms with van der Waals surface area (Å²) in [5.74, 6) is -0.254. The molecule has 5 heteroatoms. The minimum Gasteiger partial charge on any atom is -0.365 e. The number of H-pyrrole nitrogens is 1. The fourth-order valence-electron chi connectivity index (χ4n) is 3.14. The Hall–Kier alpha value is -2.56. The zero-order chi connectivity index (χ0) is 16.9. The van der Waals surface area contributed by atoms with E-state index in [9.17, 15) is 9.59 Å². The van der Waals surface area contributed by atoms with Crippen molar-refractivity contribution in [3.63, 3.8) is 0 Å². The molecular weight excluding hydrogens is 302 g/mol. The Kier molecular flexibility index (Phi) is 4.99. The van der Waals surface area contributed by atoms with Crippen molar-refractivity contribution in [3.05, 3.63) is 59.4 Å². The average Bonchev–Trinajstić information content (AvgIpc) is 3.06. The van der Waals surface area contributed by atoms with Gasteiger partial charge in [-0.15, -0.1) is 0 Å². The highest BCUT2D eigenvalue weighted by Crippen LogP contribution is 2.20. The third-order valence-corrected chi connectivity index (χ3v) is 4.52. The first-order valence-electron chi connectivity index (χ1n) is 8.45. The van der Waals surface area contributed by atoms with E-state index in [4.69, 9.17) is 0 Å². The Bertz CT molecular complexity index is 702. The van der Waals surface area contributed by atoms with Crippen molar-refractivity contribution in [1.29, 1.82) is 0 Å². The van der Waals surface area contributed by atoms with Crippen LogP contribution in [0, 0.1) is 6.92 Å². The van der Waals surface area contributed by atoms with Crippen molar-refractivity contribution in [2.45, 2.75) is 32.2 Å². The lowest BCUT2D eigenvalue weighted by Crippen LogP contribution is -2.45. The van der Waals surface area contributed by atoms with Crippen molar-refractivity contribution in [1.82, 2.24) is 15.2 Å². The molecule has 0 spiro atoms. The van der Waals surface area contributed by atoms with E-state index in [0.29, 0.717) is 5.56 Å². The topological polar surface area (TPSA) is 65.2 Å². The maximum atomic E-state index is 13.0. The standard InChI is InChI=1S/C19H23N3O2/c1-14-16(10-11-20-14)18(23)21-17(15-8-4-2-5-9-15)19(24)22-12-6-3-7-13-22/h2,4-5,8-11,17,20H,3,6-7,12-13H2,1H3,(H,21,23)/t17-/m0/s1. The molecule has 1 saturated heterocycles. The van der Waals surface area contributed by atoms with Gasteiger partial charge in [0.05, 0.1) is 5.56 Å². The van der Waals surface area contributed by atoms with E-state index in [2.05, 4.69) is 10.3 Å². The molecule has 1 aliphatic heterocycles. The number of carbonyl (C=O) groups excluding carboxylic acids is 2. The first-order chi connectivity index (χ1) is 11.7. The van der Waals surface area contributed by atoms with Crippen LogP contribution in [0.4, 0.5) is 0 Å². The summed E-state index contributed by atoms with van der Waals surface area (Å²) in [6.07, 6.45) is 4.94. The highest BCUT2D eigenvalue weighted by molar-refractivity contribution is 5.98. The summed E-state index contributed by atoms with van der Waals surface area (Å²) in [6, 6.07) is 10.5. The van der Waals surface area contributed by atoms with Gasteiger partial charge < -0.3 is 15.2 Å². The van der Waals surface area contributed by atoms with Gasteiger partial charge in [0.2, 0.25) is 5.91 Å². The first kappa shape index (κ1) is 16.3. The second-order valence-corrected chi connectivity index (χ2v) is 6.22. The number of hydrogen-bond acceptors (Lipinski definition) is 2. The molecule has 2 N–H and O–H groups in total. The number of benzene rings is 1. The van der Waals surface area contributed by atoms with Crippen LogP contribution in [-0.2, 0) is 4.79 Å². The summed E-state index contributed by atoms with van der Waals surface area (Å²) in [6.45, 7) is 3.38. The van der Waals surface area contributed by atoms with Gasteiger partial charge >= 0.3 is 0 Å². The summed E-state index contributed by atoms with van der Waals surface area (Å²) in [4.78, 5) is 30.5. The molecular formula is C19H23N3O2. The Balaban J connectivity index is 1.83. The van der Waals surface area contributed by atoms with Crippen LogP contribution in [0.1, 0.15) is 46.9 Å². The smallest absolute Gasteiger partial charge is 0.253 e. The second kappa shape index (κ2) is 7.34. The fraction of sp³-hybridized carbons (Fsp3) is 0.368. The summed E-state index contributed by atoms with van der Waals surface area (Å²) in [7, 11) is 0. The van der Waals surface area contributed by atoms with Crippen LogP contribution in [0.3, 0.4) is 0 Å². The van der Waals surface area contributed by atoms with Gasteiger partial charge in [0, 0.05) is 25.0 Å². The van der Waals surface area contributed by atoms with Crippen LogP contribution >= 0.6 is 0 Å². The van der Waals surface area contributed by atoms with Crippen LogP contribution < -0.4 is 5.32 Å². The number of aromatic nitrogens is 1. The maximum absolute atomic E-state index is 13.0. The van der Waals surface area contributed by atoms with Crippen LogP contribution in [0.5, 0.6) is 0 Å².